The topological polar surface area (TPSA) is 170 Å². The molecule has 0 bridgehead atoms. The van der Waals surface area contributed by atoms with Crippen LogP contribution in [0.15, 0.2) is 47.3 Å². The Hall–Kier alpha value is -3.84. The van der Waals surface area contributed by atoms with Crippen molar-refractivity contribution in [2.24, 2.45) is 18.5 Å². The number of ether oxygens (including phenoxy) is 3. The maximum absolute atomic E-state index is 12.9. The molecule has 3 amide bonds. The Kier molecular flexibility index (Phi) is 13.7. The predicted molar refractivity (Wildman–Crippen MR) is 179 cm³/mol. The van der Waals surface area contributed by atoms with Crippen LogP contribution in [0.3, 0.4) is 0 Å². The third kappa shape index (κ3) is 10.6. The van der Waals surface area contributed by atoms with Gasteiger partial charge in [-0.3, -0.25) is 28.8 Å². The summed E-state index contributed by atoms with van der Waals surface area (Å²) in [5.41, 5.74) is 15.9. The second-order valence-electron chi connectivity index (χ2n) is 12.3. The molecule has 1 aromatic heterocycles. The number of piperidine rings is 1. The molecule has 0 spiro atoms. The van der Waals surface area contributed by atoms with Crippen LogP contribution in [0.1, 0.15) is 74.6 Å². The molecule has 0 aliphatic carbocycles. The molecule has 1 fully saturated rings. The highest BCUT2D eigenvalue weighted by molar-refractivity contribution is 6.00. The number of amides is 3. The minimum absolute atomic E-state index is 0.161. The Morgan fingerprint density at radius 3 is 2.19 bits per heavy atom. The third-order valence-corrected chi connectivity index (χ3v) is 8.62. The average molecular weight is 652 g/mol. The van der Waals surface area contributed by atoms with Gasteiger partial charge in [0, 0.05) is 52.4 Å². The number of nitrogens with two attached hydrogens (primary N) is 2. The molecule has 4 rings (SSSR count). The smallest absolute Gasteiger partial charge is 0.329 e. The highest BCUT2D eigenvalue weighted by Crippen LogP contribution is 2.24. The molecule has 256 valence electrons. The molecule has 47 heavy (non-hydrogen) atoms. The van der Waals surface area contributed by atoms with Crippen molar-refractivity contribution < 1.29 is 28.6 Å². The first-order valence-corrected chi connectivity index (χ1v) is 16.6. The summed E-state index contributed by atoms with van der Waals surface area (Å²) in [5, 5.41) is 2.34. The molecule has 3 aromatic rings. The fraction of sp³-hybridized carbons (Fsp3) is 0.543. The number of carbonyl (C=O) groups is 3. The van der Waals surface area contributed by atoms with Crippen molar-refractivity contribution in [2.45, 2.75) is 89.5 Å². The standard InChI is InChI=1S/C35H49N5O7/c1-24(28(36)13-16-32(37)41)47-23-27-10-8-25(9-11-27)6-3-18-45-20-5-21-46-19-4-7-26-12-14-29-31(22-26)39(2)35(44)40(29)30-15-17-33(42)38-34(30)43/h8-12,14,22,24,28,30H,3-7,13,15-21,23,36H2,1-2H3,(H2,37,41)(H,38,42,43)/t24-,28+,30?/m1/s1. The molecule has 12 heteroatoms. The number of primary amides is 1. The summed E-state index contributed by atoms with van der Waals surface area (Å²) in [7, 11) is 1.70. The van der Waals surface area contributed by atoms with Gasteiger partial charge in [-0.2, -0.15) is 0 Å². The van der Waals surface area contributed by atoms with E-state index in [9.17, 15) is 19.2 Å². The van der Waals surface area contributed by atoms with E-state index in [4.69, 9.17) is 25.7 Å². The Morgan fingerprint density at radius 1 is 0.915 bits per heavy atom. The first kappa shape index (κ1) is 36.0. The largest absolute Gasteiger partial charge is 0.381 e. The molecule has 3 atom stereocenters. The molecule has 5 N–H and O–H groups in total. The monoisotopic (exact) mass is 651 g/mol. The minimum Gasteiger partial charge on any atom is -0.381 e. The maximum atomic E-state index is 12.9. The van der Waals surface area contributed by atoms with E-state index < -0.39 is 11.9 Å². The number of imide groups is 1. The molecular formula is C35H49N5O7. The summed E-state index contributed by atoms with van der Waals surface area (Å²) in [6, 6.07) is 13.3. The van der Waals surface area contributed by atoms with Gasteiger partial charge < -0.3 is 25.7 Å². The van der Waals surface area contributed by atoms with Crippen LogP contribution < -0.4 is 22.5 Å². The lowest BCUT2D eigenvalue weighted by molar-refractivity contribution is -0.135. The van der Waals surface area contributed by atoms with Crippen molar-refractivity contribution in [1.82, 2.24) is 14.5 Å². The fourth-order valence-corrected chi connectivity index (χ4v) is 5.72. The number of benzene rings is 2. The summed E-state index contributed by atoms with van der Waals surface area (Å²) in [6.07, 6.45) is 5.53. The van der Waals surface area contributed by atoms with Gasteiger partial charge in [-0.25, -0.2) is 4.79 Å². The number of aryl methyl sites for hydroxylation is 3. The fourth-order valence-electron chi connectivity index (χ4n) is 5.72. The number of carbonyl (C=O) groups excluding carboxylic acids is 3. The molecule has 2 aromatic carbocycles. The first-order valence-electron chi connectivity index (χ1n) is 16.6. The number of hydrogen-bond donors (Lipinski definition) is 3. The van der Waals surface area contributed by atoms with Gasteiger partial charge in [-0.15, -0.1) is 0 Å². The van der Waals surface area contributed by atoms with Gasteiger partial charge >= 0.3 is 5.69 Å². The maximum Gasteiger partial charge on any atom is 0.329 e. The third-order valence-electron chi connectivity index (χ3n) is 8.62. The van der Waals surface area contributed by atoms with Crippen LogP contribution in [0.25, 0.3) is 11.0 Å². The van der Waals surface area contributed by atoms with Crippen LogP contribution >= 0.6 is 0 Å². The molecule has 12 nitrogen and oxygen atoms in total. The van der Waals surface area contributed by atoms with E-state index in [0.29, 0.717) is 51.4 Å². The van der Waals surface area contributed by atoms with Crippen LogP contribution in [0.4, 0.5) is 0 Å². The van der Waals surface area contributed by atoms with E-state index in [1.54, 1.807) is 11.6 Å². The number of nitrogens with zero attached hydrogens (tertiary/aromatic N) is 2. The zero-order chi connectivity index (χ0) is 33.8. The quantitative estimate of drug-likeness (QED) is 0.124. The van der Waals surface area contributed by atoms with Gasteiger partial charge in [-0.05, 0) is 80.7 Å². The first-order chi connectivity index (χ1) is 22.6. The van der Waals surface area contributed by atoms with Gasteiger partial charge in [0.2, 0.25) is 17.7 Å². The SMILES string of the molecule is C[C@@H](OCc1ccc(CCCOCCCOCCCc2ccc3c(c2)n(C)c(=O)n3C2CCC(=O)NC2=O)cc1)[C@@H](N)CCC(N)=O. The second kappa shape index (κ2) is 17.9. The summed E-state index contributed by atoms with van der Waals surface area (Å²) in [6.45, 7) is 5.01. The van der Waals surface area contributed by atoms with Gasteiger partial charge in [-0.1, -0.05) is 30.3 Å². The lowest BCUT2D eigenvalue weighted by Gasteiger charge is -2.21. The van der Waals surface area contributed by atoms with Crippen molar-refractivity contribution in [3.8, 4) is 0 Å². The van der Waals surface area contributed by atoms with Crippen LogP contribution in [0.5, 0.6) is 0 Å². The summed E-state index contributed by atoms with van der Waals surface area (Å²) >= 11 is 0. The highest BCUT2D eigenvalue weighted by Gasteiger charge is 2.31. The number of hydrogen-bond acceptors (Lipinski definition) is 8. The second-order valence-corrected chi connectivity index (χ2v) is 12.3. The van der Waals surface area contributed by atoms with Gasteiger partial charge in [0.05, 0.1) is 23.7 Å². The summed E-state index contributed by atoms with van der Waals surface area (Å²) < 4.78 is 20.5. The molecular weight excluding hydrogens is 602 g/mol. The average Bonchev–Trinajstić information content (AvgIpc) is 3.30. The van der Waals surface area contributed by atoms with Crippen molar-refractivity contribution >= 4 is 28.8 Å². The number of fused-ring (bicyclic) bond motifs is 1. The van der Waals surface area contributed by atoms with Gasteiger partial charge in [0.1, 0.15) is 6.04 Å². The van der Waals surface area contributed by atoms with E-state index in [0.717, 1.165) is 48.7 Å². The van der Waals surface area contributed by atoms with E-state index in [1.807, 2.05) is 25.1 Å². The molecule has 1 aliphatic rings. The molecule has 1 aliphatic heterocycles. The minimum atomic E-state index is -0.681. The van der Waals surface area contributed by atoms with Gasteiger partial charge in [0.25, 0.3) is 0 Å². The number of aromatic nitrogens is 2. The number of rotatable bonds is 20. The Labute approximate surface area is 275 Å². The van der Waals surface area contributed by atoms with Crippen molar-refractivity contribution in [3.63, 3.8) is 0 Å². The normalized spacial score (nSPS) is 16.4. The lowest BCUT2D eigenvalue weighted by atomic mass is 10.1. The summed E-state index contributed by atoms with van der Waals surface area (Å²) in [5.74, 6) is -1.08. The van der Waals surface area contributed by atoms with Crippen LogP contribution in [-0.4, -0.2) is 65.4 Å². The van der Waals surface area contributed by atoms with Crippen LogP contribution in [0, 0.1) is 0 Å². The molecule has 0 radical (unpaired) electrons. The Bertz CT molecular complexity index is 1550. The zero-order valence-electron chi connectivity index (χ0n) is 27.6. The van der Waals surface area contributed by atoms with E-state index >= 15 is 0 Å². The van der Waals surface area contributed by atoms with Gasteiger partial charge in [0.15, 0.2) is 0 Å². The molecule has 1 unspecified atom stereocenters. The van der Waals surface area contributed by atoms with Crippen molar-refractivity contribution in [1.29, 1.82) is 0 Å². The number of imidazole rings is 1. The van der Waals surface area contributed by atoms with Crippen LogP contribution in [-0.2, 0) is 55.1 Å². The molecule has 0 saturated carbocycles. The summed E-state index contributed by atoms with van der Waals surface area (Å²) in [4.78, 5) is 47.8. The van der Waals surface area contributed by atoms with E-state index in [2.05, 4.69) is 29.6 Å². The number of nitrogens with one attached hydrogen (secondary N) is 1. The Balaban J connectivity index is 1.05. The predicted octanol–water partition coefficient (Wildman–Crippen LogP) is 2.80. The molecule has 1 saturated heterocycles. The van der Waals surface area contributed by atoms with E-state index in [-0.39, 0.29) is 42.5 Å². The molecule has 2 heterocycles. The zero-order valence-corrected chi connectivity index (χ0v) is 27.6. The van der Waals surface area contributed by atoms with Crippen molar-refractivity contribution in [3.05, 3.63) is 69.6 Å². The van der Waals surface area contributed by atoms with Crippen LogP contribution in [0.2, 0.25) is 0 Å². The van der Waals surface area contributed by atoms with E-state index in [1.165, 1.54) is 10.1 Å². The lowest BCUT2D eigenvalue weighted by Crippen LogP contribution is -2.44. The highest BCUT2D eigenvalue weighted by atomic mass is 16.5. The Morgan fingerprint density at radius 2 is 1.53 bits per heavy atom. The van der Waals surface area contributed by atoms with Crippen molar-refractivity contribution in [2.75, 3.05) is 26.4 Å².